The van der Waals surface area contributed by atoms with Gasteiger partial charge in [0.1, 0.15) is 12.6 Å². The number of methoxy groups -OCH3 is 1. The third-order valence-corrected chi connectivity index (χ3v) is 2.11. The van der Waals surface area contributed by atoms with Crippen molar-refractivity contribution in [3.63, 3.8) is 0 Å². The van der Waals surface area contributed by atoms with Gasteiger partial charge in [-0.3, -0.25) is 9.59 Å². The van der Waals surface area contributed by atoms with E-state index in [1.54, 1.807) is 0 Å². The SMILES string of the molecule is CC[C@@H](C)[C@@H](NC(=O)COC)C(N)=O. The molecule has 0 aromatic rings. The molecular weight excluding hydrogens is 184 g/mol. The molecule has 82 valence electrons. The van der Waals surface area contributed by atoms with Gasteiger partial charge in [0.25, 0.3) is 0 Å². The Balaban J connectivity index is 4.23. The van der Waals surface area contributed by atoms with Crippen LogP contribution in [0.4, 0.5) is 0 Å². The van der Waals surface area contributed by atoms with Gasteiger partial charge in [-0.05, 0) is 5.92 Å². The molecule has 0 unspecified atom stereocenters. The van der Waals surface area contributed by atoms with Crippen LogP contribution in [0.15, 0.2) is 0 Å². The number of hydrogen-bond donors (Lipinski definition) is 2. The van der Waals surface area contributed by atoms with Crippen LogP contribution in [0.5, 0.6) is 0 Å². The van der Waals surface area contributed by atoms with Gasteiger partial charge < -0.3 is 15.8 Å². The Bertz CT molecular complexity index is 206. The monoisotopic (exact) mass is 202 g/mol. The number of nitrogens with one attached hydrogen (secondary N) is 1. The molecule has 0 bridgehead atoms. The molecule has 14 heavy (non-hydrogen) atoms. The number of ether oxygens (including phenoxy) is 1. The van der Waals surface area contributed by atoms with Gasteiger partial charge in [0, 0.05) is 7.11 Å². The van der Waals surface area contributed by atoms with E-state index in [1.165, 1.54) is 7.11 Å². The highest BCUT2D eigenvalue weighted by Crippen LogP contribution is 2.06. The van der Waals surface area contributed by atoms with Gasteiger partial charge in [-0.2, -0.15) is 0 Å². The Morgan fingerprint density at radius 1 is 1.50 bits per heavy atom. The summed E-state index contributed by atoms with van der Waals surface area (Å²) in [5, 5.41) is 2.53. The molecule has 0 fully saturated rings. The second-order valence-electron chi connectivity index (χ2n) is 3.27. The molecule has 2 atom stereocenters. The summed E-state index contributed by atoms with van der Waals surface area (Å²) in [6.45, 7) is 3.74. The van der Waals surface area contributed by atoms with E-state index in [4.69, 9.17) is 5.73 Å². The normalized spacial score (nSPS) is 14.5. The van der Waals surface area contributed by atoms with Crippen molar-refractivity contribution in [2.75, 3.05) is 13.7 Å². The van der Waals surface area contributed by atoms with Gasteiger partial charge in [-0.15, -0.1) is 0 Å². The number of carbonyl (C=O) groups excluding carboxylic acids is 2. The van der Waals surface area contributed by atoms with Crippen molar-refractivity contribution in [3.8, 4) is 0 Å². The standard InChI is InChI=1S/C9H18N2O3/c1-4-6(2)8(9(10)13)11-7(12)5-14-3/h6,8H,4-5H2,1-3H3,(H2,10,13)(H,11,12)/t6-,8-/m1/s1. The van der Waals surface area contributed by atoms with Gasteiger partial charge in [-0.25, -0.2) is 0 Å². The van der Waals surface area contributed by atoms with E-state index in [-0.39, 0.29) is 18.4 Å². The molecule has 5 heteroatoms. The zero-order chi connectivity index (χ0) is 11.1. The Kier molecular flexibility index (Phi) is 5.87. The summed E-state index contributed by atoms with van der Waals surface area (Å²) in [5.41, 5.74) is 5.16. The molecule has 0 radical (unpaired) electrons. The van der Waals surface area contributed by atoms with Crippen LogP contribution in [-0.2, 0) is 14.3 Å². The summed E-state index contributed by atoms with van der Waals surface area (Å²) in [6, 6.07) is -0.609. The summed E-state index contributed by atoms with van der Waals surface area (Å²) in [7, 11) is 1.42. The van der Waals surface area contributed by atoms with Crippen molar-refractivity contribution in [1.82, 2.24) is 5.32 Å². The Morgan fingerprint density at radius 3 is 2.43 bits per heavy atom. The first-order chi connectivity index (χ1) is 6.52. The van der Waals surface area contributed by atoms with Crippen molar-refractivity contribution in [3.05, 3.63) is 0 Å². The van der Waals surface area contributed by atoms with Crippen LogP contribution < -0.4 is 11.1 Å². The van der Waals surface area contributed by atoms with E-state index >= 15 is 0 Å². The van der Waals surface area contributed by atoms with Gasteiger partial charge >= 0.3 is 0 Å². The number of primary amides is 1. The van der Waals surface area contributed by atoms with Crippen molar-refractivity contribution in [2.45, 2.75) is 26.3 Å². The van der Waals surface area contributed by atoms with Crippen molar-refractivity contribution in [2.24, 2.45) is 11.7 Å². The molecule has 0 aromatic carbocycles. The number of hydrogen-bond acceptors (Lipinski definition) is 3. The minimum Gasteiger partial charge on any atom is -0.375 e. The first-order valence-corrected chi connectivity index (χ1v) is 4.60. The molecule has 0 saturated heterocycles. The van der Waals surface area contributed by atoms with E-state index < -0.39 is 11.9 Å². The lowest BCUT2D eigenvalue weighted by Gasteiger charge is -2.20. The summed E-state index contributed by atoms with van der Waals surface area (Å²) in [6.07, 6.45) is 0.779. The summed E-state index contributed by atoms with van der Waals surface area (Å²) in [4.78, 5) is 22.1. The molecule has 0 heterocycles. The first kappa shape index (κ1) is 12.9. The highest BCUT2D eigenvalue weighted by molar-refractivity contribution is 5.87. The second-order valence-corrected chi connectivity index (χ2v) is 3.27. The molecule has 0 aromatic heterocycles. The maximum atomic E-state index is 11.1. The second kappa shape index (κ2) is 6.37. The Hall–Kier alpha value is -1.10. The molecule has 0 saturated carbocycles. The van der Waals surface area contributed by atoms with Gasteiger partial charge in [0.2, 0.25) is 11.8 Å². The predicted molar refractivity (Wildman–Crippen MR) is 52.5 cm³/mol. The van der Waals surface area contributed by atoms with E-state index in [0.29, 0.717) is 0 Å². The highest BCUT2D eigenvalue weighted by Gasteiger charge is 2.23. The predicted octanol–water partition coefficient (Wildman–Crippen LogP) is -0.351. The number of nitrogens with two attached hydrogens (primary N) is 1. The maximum Gasteiger partial charge on any atom is 0.246 e. The minimum absolute atomic E-state index is 0.0355. The molecule has 2 amide bonds. The van der Waals surface area contributed by atoms with Crippen molar-refractivity contribution in [1.29, 1.82) is 0 Å². The van der Waals surface area contributed by atoms with Crippen LogP contribution in [-0.4, -0.2) is 31.6 Å². The van der Waals surface area contributed by atoms with E-state index in [1.807, 2.05) is 13.8 Å². The van der Waals surface area contributed by atoms with Crippen LogP contribution in [0.3, 0.4) is 0 Å². The van der Waals surface area contributed by atoms with Crippen LogP contribution in [0.25, 0.3) is 0 Å². The van der Waals surface area contributed by atoms with Gasteiger partial charge in [-0.1, -0.05) is 20.3 Å². The van der Waals surface area contributed by atoms with E-state index in [9.17, 15) is 9.59 Å². The molecule has 0 spiro atoms. The van der Waals surface area contributed by atoms with Gasteiger partial charge in [0.15, 0.2) is 0 Å². The third kappa shape index (κ3) is 4.23. The maximum absolute atomic E-state index is 11.1. The fourth-order valence-electron chi connectivity index (χ4n) is 1.08. The number of amides is 2. The molecule has 0 aliphatic rings. The molecule has 0 aliphatic carbocycles. The van der Waals surface area contributed by atoms with Crippen LogP contribution >= 0.6 is 0 Å². The lowest BCUT2D eigenvalue weighted by atomic mass is 9.99. The number of rotatable bonds is 6. The first-order valence-electron chi connectivity index (χ1n) is 4.60. The highest BCUT2D eigenvalue weighted by atomic mass is 16.5. The lowest BCUT2D eigenvalue weighted by molar-refractivity contribution is -0.130. The zero-order valence-electron chi connectivity index (χ0n) is 8.87. The Morgan fingerprint density at radius 2 is 2.07 bits per heavy atom. The van der Waals surface area contributed by atoms with Gasteiger partial charge in [0.05, 0.1) is 0 Å². The molecule has 0 rings (SSSR count). The van der Waals surface area contributed by atoms with Crippen molar-refractivity contribution < 1.29 is 14.3 Å². The molecule has 5 nitrogen and oxygen atoms in total. The molecular formula is C9H18N2O3. The smallest absolute Gasteiger partial charge is 0.246 e. The third-order valence-electron chi connectivity index (χ3n) is 2.11. The molecule has 0 aliphatic heterocycles. The molecule has 3 N–H and O–H groups in total. The van der Waals surface area contributed by atoms with Crippen molar-refractivity contribution >= 4 is 11.8 Å². The van der Waals surface area contributed by atoms with Crippen LogP contribution in [0.1, 0.15) is 20.3 Å². The van der Waals surface area contributed by atoms with E-state index in [2.05, 4.69) is 10.1 Å². The fraction of sp³-hybridized carbons (Fsp3) is 0.778. The topological polar surface area (TPSA) is 81.4 Å². The van der Waals surface area contributed by atoms with E-state index in [0.717, 1.165) is 6.42 Å². The summed E-state index contributed by atoms with van der Waals surface area (Å²) >= 11 is 0. The Labute approximate surface area is 84.0 Å². The van der Waals surface area contributed by atoms with Crippen LogP contribution in [0.2, 0.25) is 0 Å². The summed E-state index contributed by atoms with van der Waals surface area (Å²) < 4.78 is 4.63. The number of carbonyl (C=O) groups is 2. The quantitative estimate of drug-likeness (QED) is 0.617. The zero-order valence-corrected chi connectivity index (χ0v) is 8.87. The largest absolute Gasteiger partial charge is 0.375 e. The average molecular weight is 202 g/mol. The van der Waals surface area contributed by atoms with Crippen LogP contribution in [0, 0.1) is 5.92 Å². The average Bonchev–Trinajstić information content (AvgIpc) is 2.13. The fourth-order valence-corrected chi connectivity index (χ4v) is 1.08. The minimum atomic E-state index is -0.609. The lowest BCUT2D eigenvalue weighted by Crippen LogP contribution is -2.49. The summed E-state index contributed by atoms with van der Waals surface area (Å²) in [5.74, 6) is -0.797.